The minimum Gasteiger partial charge on any atom is -0.473 e. The Balaban J connectivity index is 2.49. The van der Waals surface area contributed by atoms with Crippen molar-refractivity contribution in [1.82, 2.24) is 10.2 Å². The standard InChI is InChI=1S/C16H26N2O2/c1-6-7-10-18(5)16(19)17-11-20-15-13(3)9-8-12(2)14(15)4/h8-9H,6-7,10-11H2,1-5H3,(H,17,19). The van der Waals surface area contributed by atoms with Crippen molar-refractivity contribution in [2.24, 2.45) is 0 Å². The van der Waals surface area contributed by atoms with Gasteiger partial charge in [0.05, 0.1) is 0 Å². The molecule has 0 saturated carbocycles. The van der Waals surface area contributed by atoms with Crippen molar-refractivity contribution >= 4 is 6.03 Å². The van der Waals surface area contributed by atoms with E-state index in [2.05, 4.69) is 25.2 Å². The molecule has 0 spiro atoms. The predicted octanol–water partition coefficient (Wildman–Crippen LogP) is 3.39. The van der Waals surface area contributed by atoms with Crippen LogP contribution in [0.25, 0.3) is 0 Å². The van der Waals surface area contributed by atoms with Crippen molar-refractivity contribution in [3.05, 3.63) is 28.8 Å². The molecule has 1 rings (SSSR count). The monoisotopic (exact) mass is 278 g/mol. The Morgan fingerprint density at radius 3 is 2.55 bits per heavy atom. The minimum atomic E-state index is -0.0959. The van der Waals surface area contributed by atoms with Crippen LogP contribution in [0, 0.1) is 20.8 Å². The molecule has 4 heteroatoms. The van der Waals surface area contributed by atoms with Crippen molar-refractivity contribution in [2.45, 2.75) is 40.5 Å². The molecule has 0 aliphatic rings. The van der Waals surface area contributed by atoms with E-state index in [4.69, 9.17) is 4.74 Å². The van der Waals surface area contributed by atoms with Crippen molar-refractivity contribution in [1.29, 1.82) is 0 Å². The van der Waals surface area contributed by atoms with Crippen LogP contribution in [0.1, 0.15) is 36.5 Å². The van der Waals surface area contributed by atoms with Gasteiger partial charge in [-0.25, -0.2) is 4.79 Å². The zero-order valence-corrected chi connectivity index (χ0v) is 13.2. The molecule has 1 N–H and O–H groups in total. The van der Waals surface area contributed by atoms with E-state index in [1.54, 1.807) is 11.9 Å². The van der Waals surface area contributed by atoms with Gasteiger partial charge in [0.15, 0.2) is 6.73 Å². The smallest absolute Gasteiger partial charge is 0.319 e. The number of nitrogens with one attached hydrogen (secondary N) is 1. The number of hydrogen-bond donors (Lipinski definition) is 1. The number of rotatable bonds is 6. The highest BCUT2D eigenvalue weighted by atomic mass is 16.5. The lowest BCUT2D eigenvalue weighted by Gasteiger charge is -2.19. The first-order valence-corrected chi connectivity index (χ1v) is 7.16. The zero-order chi connectivity index (χ0) is 15.1. The van der Waals surface area contributed by atoms with Crippen LogP contribution < -0.4 is 10.1 Å². The third kappa shape index (κ3) is 4.44. The molecular formula is C16H26N2O2. The van der Waals surface area contributed by atoms with Crippen LogP contribution in [0.5, 0.6) is 5.75 Å². The van der Waals surface area contributed by atoms with Crippen LogP contribution in [-0.2, 0) is 0 Å². The second kappa shape index (κ2) is 7.78. The van der Waals surface area contributed by atoms with Crippen molar-refractivity contribution in [3.63, 3.8) is 0 Å². The van der Waals surface area contributed by atoms with Gasteiger partial charge in [0.25, 0.3) is 0 Å². The Labute approximate surface area is 122 Å². The molecule has 1 aromatic rings. The first-order chi connectivity index (χ1) is 9.47. The number of urea groups is 1. The van der Waals surface area contributed by atoms with E-state index in [9.17, 15) is 4.79 Å². The molecule has 20 heavy (non-hydrogen) atoms. The molecule has 0 aromatic heterocycles. The van der Waals surface area contributed by atoms with Gasteiger partial charge in [-0.3, -0.25) is 0 Å². The highest BCUT2D eigenvalue weighted by Crippen LogP contribution is 2.25. The number of nitrogens with zero attached hydrogens (tertiary/aromatic N) is 1. The third-order valence-electron chi connectivity index (χ3n) is 3.51. The summed E-state index contributed by atoms with van der Waals surface area (Å²) in [6.45, 7) is 9.17. The van der Waals surface area contributed by atoms with E-state index in [0.29, 0.717) is 0 Å². The van der Waals surface area contributed by atoms with Crippen molar-refractivity contribution in [3.8, 4) is 5.75 Å². The molecule has 0 radical (unpaired) electrons. The van der Waals surface area contributed by atoms with E-state index in [0.717, 1.165) is 36.3 Å². The van der Waals surface area contributed by atoms with Crippen LogP contribution in [-0.4, -0.2) is 31.3 Å². The molecule has 0 bridgehead atoms. The fourth-order valence-corrected chi connectivity index (χ4v) is 1.95. The molecule has 0 unspecified atom stereocenters. The number of unbranched alkanes of at least 4 members (excludes halogenated alkanes) is 1. The minimum absolute atomic E-state index is 0.0959. The molecule has 0 fully saturated rings. The van der Waals surface area contributed by atoms with E-state index < -0.39 is 0 Å². The molecule has 4 nitrogen and oxygen atoms in total. The van der Waals surface area contributed by atoms with Crippen molar-refractivity contribution < 1.29 is 9.53 Å². The topological polar surface area (TPSA) is 41.6 Å². The van der Waals surface area contributed by atoms with Crippen LogP contribution in [0.2, 0.25) is 0 Å². The summed E-state index contributed by atoms with van der Waals surface area (Å²) in [5.74, 6) is 0.863. The van der Waals surface area contributed by atoms with Gasteiger partial charge in [0, 0.05) is 13.6 Å². The molecule has 0 atom stereocenters. The summed E-state index contributed by atoms with van der Waals surface area (Å²) in [6, 6.07) is 4.02. The summed E-state index contributed by atoms with van der Waals surface area (Å²) in [4.78, 5) is 13.5. The summed E-state index contributed by atoms with van der Waals surface area (Å²) in [5, 5.41) is 2.78. The van der Waals surface area contributed by atoms with Gasteiger partial charge in [0.1, 0.15) is 5.75 Å². The molecular weight excluding hydrogens is 252 g/mol. The lowest BCUT2D eigenvalue weighted by molar-refractivity contribution is 0.193. The van der Waals surface area contributed by atoms with Gasteiger partial charge in [-0.2, -0.15) is 0 Å². The summed E-state index contributed by atoms with van der Waals surface area (Å²) in [6.07, 6.45) is 2.09. The normalized spacial score (nSPS) is 10.2. The van der Waals surface area contributed by atoms with E-state index in [1.165, 1.54) is 5.56 Å². The van der Waals surface area contributed by atoms with Crippen LogP contribution in [0.3, 0.4) is 0 Å². The number of ether oxygens (including phenoxy) is 1. The first kappa shape index (κ1) is 16.3. The van der Waals surface area contributed by atoms with Crippen molar-refractivity contribution in [2.75, 3.05) is 20.3 Å². The molecule has 1 aromatic carbocycles. The fourth-order valence-electron chi connectivity index (χ4n) is 1.95. The fraction of sp³-hybridized carbons (Fsp3) is 0.562. The van der Waals surface area contributed by atoms with Gasteiger partial charge < -0.3 is 15.0 Å². The Bertz CT molecular complexity index is 458. The molecule has 2 amide bonds. The number of aryl methyl sites for hydroxylation is 2. The van der Waals surface area contributed by atoms with E-state index in [-0.39, 0.29) is 12.8 Å². The Hall–Kier alpha value is -1.71. The summed E-state index contributed by atoms with van der Waals surface area (Å²) >= 11 is 0. The van der Waals surface area contributed by atoms with Gasteiger partial charge in [-0.1, -0.05) is 25.5 Å². The number of benzene rings is 1. The average Bonchev–Trinajstić information content (AvgIpc) is 2.43. The number of hydrogen-bond acceptors (Lipinski definition) is 2. The largest absolute Gasteiger partial charge is 0.473 e. The highest BCUT2D eigenvalue weighted by molar-refractivity contribution is 5.73. The Morgan fingerprint density at radius 1 is 1.25 bits per heavy atom. The second-order valence-electron chi connectivity index (χ2n) is 5.20. The number of carbonyl (C=O) groups is 1. The zero-order valence-electron chi connectivity index (χ0n) is 13.2. The maximum absolute atomic E-state index is 11.8. The maximum Gasteiger partial charge on any atom is 0.319 e. The average molecular weight is 278 g/mol. The summed E-state index contributed by atoms with van der Waals surface area (Å²) in [5.41, 5.74) is 3.40. The van der Waals surface area contributed by atoms with Crippen LogP contribution in [0.15, 0.2) is 12.1 Å². The van der Waals surface area contributed by atoms with E-state index >= 15 is 0 Å². The van der Waals surface area contributed by atoms with Gasteiger partial charge in [0.2, 0.25) is 0 Å². The lowest BCUT2D eigenvalue weighted by atomic mass is 10.1. The second-order valence-corrected chi connectivity index (χ2v) is 5.20. The van der Waals surface area contributed by atoms with Gasteiger partial charge in [-0.15, -0.1) is 0 Å². The molecule has 0 aliphatic heterocycles. The first-order valence-electron chi connectivity index (χ1n) is 7.16. The Kier molecular flexibility index (Phi) is 6.36. The third-order valence-corrected chi connectivity index (χ3v) is 3.51. The molecule has 0 saturated heterocycles. The van der Waals surface area contributed by atoms with Crippen LogP contribution >= 0.6 is 0 Å². The van der Waals surface area contributed by atoms with Crippen LogP contribution in [0.4, 0.5) is 4.79 Å². The van der Waals surface area contributed by atoms with Gasteiger partial charge in [-0.05, 0) is 43.9 Å². The molecule has 0 heterocycles. The number of carbonyl (C=O) groups excluding carboxylic acids is 1. The SMILES string of the molecule is CCCCN(C)C(=O)NCOc1c(C)ccc(C)c1C. The predicted molar refractivity (Wildman–Crippen MR) is 82.2 cm³/mol. The Morgan fingerprint density at radius 2 is 1.90 bits per heavy atom. The van der Waals surface area contributed by atoms with E-state index in [1.807, 2.05) is 19.9 Å². The molecule has 112 valence electrons. The summed E-state index contributed by atoms with van der Waals surface area (Å²) < 4.78 is 5.72. The van der Waals surface area contributed by atoms with Gasteiger partial charge >= 0.3 is 6.03 Å². The highest BCUT2D eigenvalue weighted by Gasteiger charge is 2.09. The maximum atomic E-state index is 11.8. The lowest BCUT2D eigenvalue weighted by Crippen LogP contribution is -2.39. The molecule has 0 aliphatic carbocycles. The number of amides is 2. The summed E-state index contributed by atoms with van der Waals surface area (Å²) in [7, 11) is 1.80. The quantitative estimate of drug-likeness (QED) is 0.810.